The van der Waals surface area contributed by atoms with Gasteiger partial charge >= 0.3 is 0 Å². The van der Waals surface area contributed by atoms with Crippen molar-refractivity contribution in [1.82, 2.24) is 0 Å². The fourth-order valence-electron chi connectivity index (χ4n) is 21.6. The number of fused-ring (bicyclic) bond motifs is 6. The molecule has 3 spiro atoms. The van der Waals surface area contributed by atoms with Crippen molar-refractivity contribution in [2.24, 2.45) is 101 Å². The van der Waals surface area contributed by atoms with Crippen LogP contribution in [-0.4, -0.2) is 126 Å². The third-order valence-electron chi connectivity index (χ3n) is 26.9. The zero-order valence-electron chi connectivity index (χ0n) is 65.1. The molecule has 13 nitrogen and oxygen atoms in total. The Bertz CT molecular complexity index is 2490. The Morgan fingerprint density at radius 2 is 0.747 bits per heavy atom. The van der Waals surface area contributed by atoms with Crippen molar-refractivity contribution in [3.63, 3.8) is 0 Å². The van der Waals surface area contributed by atoms with Crippen LogP contribution in [0.5, 0.6) is 0 Å². The van der Waals surface area contributed by atoms with Gasteiger partial charge in [-0.2, -0.15) is 0 Å². The lowest BCUT2D eigenvalue weighted by Gasteiger charge is -2.55. The van der Waals surface area contributed by atoms with Crippen molar-refractivity contribution >= 4 is 5.78 Å². The van der Waals surface area contributed by atoms with E-state index >= 15 is 0 Å². The molecule has 12 heterocycles. The fraction of sp³-hybridized carbons (Fsp3) is 0.988. The van der Waals surface area contributed by atoms with Crippen molar-refractivity contribution in [1.29, 1.82) is 0 Å². The minimum Gasteiger partial charge on any atom is -0.372 e. The van der Waals surface area contributed by atoms with Gasteiger partial charge in [-0.15, -0.1) is 0 Å². The lowest BCUT2D eigenvalue weighted by atomic mass is 9.76. The highest BCUT2D eigenvalue weighted by Crippen LogP contribution is 2.59. The van der Waals surface area contributed by atoms with Gasteiger partial charge in [-0.1, -0.05) is 179 Å². The Balaban J connectivity index is 0.000000155. The minimum absolute atomic E-state index is 0.00959. The summed E-state index contributed by atoms with van der Waals surface area (Å²) in [5.41, 5.74) is -0.245. The van der Waals surface area contributed by atoms with Crippen LogP contribution in [0.4, 0.5) is 0 Å². The van der Waals surface area contributed by atoms with E-state index in [1.54, 1.807) is 6.92 Å². The molecule has 0 N–H and O–H groups in total. The summed E-state index contributed by atoms with van der Waals surface area (Å²) in [5.74, 6) is 7.36. The predicted octanol–water partition coefficient (Wildman–Crippen LogP) is 18.7. The summed E-state index contributed by atoms with van der Waals surface area (Å²) in [6.07, 6.45) is 20.8. The molecule has 0 aromatic carbocycles. The Morgan fingerprint density at radius 3 is 1.14 bits per heavy atom. The quantitative estimate of drug-likeness (QED) is 0.137. The molecule has 0 saturated carbocycles. The second-order valence-electron chi connectivity index (χ2n) is 37.7. The highest BCUT2D eigenvalue weighted by Gasteiger charge is 2.65. The van der Waals surface area contributed by atoms with Crippen LogP contribution >= 0.6 is 0 Å². The number of hydrogen-bond acceptors (Lipinski definition) is 13. The number of ether oxygens (including phenoxy) is 12. The lowest BCUT2D eigenvalue weighted by Crippen LogP contribution is -2.61. The number of rotatable bonds is 17. The van der Waals surface area contributed by atoms with E-state index in [9.17, 15) is 4.79 Å². The second kappa shape index (κ2) is 30.1. The van der Waals surface area contributed by atoms with Gasteiger partial charge in [0.05, 0.1) is 96.2 Å². The van der Waals surface area contributed by atoms with Gasteiger partial charge in [0.25, 0.3) is 0 Å². The zero-order chi connectivity index (χ0) is 69.4. The van der Waals surface area contributed by atoms with Crippen LogP contribution < -0.4 is 0 Å². The monoisotopic (exact) mass is 1340 g/mol. The SMILES string of the molecule is CC(=O)C[C@H]1O[C@@H]2[C@H](C[C@H]1C)O[C@@]1(C[C@@H]2C)C[C@H](C)[C@@H]2O[C@](CC(C)C)(C(C)C)C[C@@H]2O1.CC[C@H](C)C[C@H](C)[C@@H]1C[C@@H]2O[C@@]3(C[C@H](C)[C@@H]2O1)C[C@H](C)[C@@H]1O[C@](CC(C)C)(C(C)C)C[C@@H]1O3.CC[C@H](C)[C@@H]1C[C@@H]2[C@H](O1)O[C@@]1(C[C@@H]2C)C[C@H](C)[C@@H]2O[C@](CC(C)C)(C(C)C)C[C@@H]2O1. The maximum Gasteiger partial charge on any atom is 0.172 e. The van der Waals surface area contributed by atoms with Crippen molar-refractivity contribution < 1.29 is 61.6 Å². The lowest BCUT2D eigenvalue weighted by molar-refractivity contribution is -0.378. The highest BCUT2D eigenvalue weighted by molar-refractivity contribution is 5.76. The van der Waals surface area contributed by atoms with Crippen molar-refractivity contribution in [2.75, 3.05) is 0 Å². The second-order valence-corrected chi connectivity index (χ2v) is 37.7. The molecule has 95 heavy (non-hydrogen) atoms. The molecular weight excluding hydrogens is 1190 g/mol. The Hall–Kier alpha value is -0.810. The summed E-state index contributed by atoms with van der Waals surface area (Å²) in [5, 5.41) is 0. The first-order valence-corrected chi connectivity index (χ1v) is 40.0. The molecule has 12 aliphatic heterocycles. The van der Waals surface area contributed by atoms with Crippen LogP contribution in [0.3, 0.4) is 0 Å². The Morgan fingerprint density at radius 1 is 0.379 bits per heavy atom. The van der Waals surface area contributed by atoms with Crippen LogP contribution in [-0.2, 0) is 61.6 Å². The Labute approximate surface area is 580 Å². The summed E-state index contributed by atoms with van der Waals surface area (Å²) in [6, 6.07) is 0. The van der Waals surface area contributed by atoms with E-state index in [4.69, 9.17) is 56.8 Å². The van der Waals surface area contributed by atoms with Gasteiger partial charge in [0.1, 0.15) is 5.78 Å². The van der Waals surface area contributed by atoms with E-state index in [1.807, 2.05) is 0 Å². The average Bonchev–Trinajstić information content (AvgIpc) is 1.67. The molecular formula is C82H144O13. The third-order valence-corrected chi connectivity index (χ3v) is 26.9. The van der Waals surface area contributed by atoms with Crippen LogP contribution in [0.1, 0.15) is 295 Å². The van der Waals surface area contributed by atoms with Gasteiger partial charge in [-0.3, -0.25) is 4.79 Å². The molecule has 0 bridgehead atoms. The van der Waals surface area contributed by atoms with Crippen molar-refractivity contribution in [2.45, 2.75) is 415 Å². The summed E-state index contributed by atoms with van der Waals surface area (Å²) in [7, 11) is 0. The number of hydrogen-bond donors (Lipinski definition) is 0. The number of Topliss-reactive ketones (excluding diaryl/α,β-unsaturated/α-hetero) is 1. The molecule has 13 heteroatoms. The van der Waals surface area contributed by atoms with E-state index < -0.39 is 17.4 Å². The predicted molar refractivity (Wildman–Crippen MR) is 376 cm³/mol. The van der Waals surface area contributed by atoms with Gasteiger partial charge in [0, 0.05) is 76.5 Å². The van der Waals surface area contributed by atoms with Gasteiger partial charge in [0.2, 0.25) is 0 Å². The maximum absolute atomic E-state index is 11.7. The summed E-state index contributed by atoms with van der Waals surface area (Å²) < 4.78 is 81.2. The average molecular weight is 1340 g/mol. The molecule has 0 aromatic heterocycles. The first-order chi connectivity index (χ1) is 44.5. The third kappa shape index (κ3) is 16.3. The molecule has 0 aliphatic carbocycles. The summed E-state index contributed by atoms with van der Waals surface area (Å²) in [6.45, 7) is 57.1. The van der Waals surface area contributed by atoms with Crippen molar-refractivity contribution in [3.8, 4) is 0 Å². The van der Waals surface area contributed by atoms with Gasteiger partial charge < -0.3 is 56.8 Å². The van der Waals surface area contributed by atoms with E-state index in [2.05, 4.69) is 166 Å². The molecule has 550 valence electrons. The molecule has 0 amide bonds. The van der Waals surface area contributed by atoms with Gasteiger partial charge in [0.15, 0.2) is 23.7 Å². The molecule has 12 aliphatic rings. The van der Waals surface area contributed by atoms with Crippen LogP contribution in [0, 0.1) is 101 Å². The minimum atomic E-state index is -0.536. The largest absolute Gasteiger partial charge is 0.372 e. The molecule has 12 fully saturated rings. The van der Waals surface area contributed by atoms with E-state index in [1.165, 1.54) is 12.8 Å². The first kappa shape index (κ1) is 76.8. The van der Waals surface area contributed by atoms with Crippen molar-refractivity contribution in [3.05, 3.63) is 0 Å². The van der Waals surface area contributed by atoms with Crippen LogP contribution in [0.25, 0.3) is 0 Å². The molecule has 12 saturated heterocycles. The first-order valence-electron chi connectivity index (χ1n) is 40.0. The molecule has 12 rings (SSSR count). The van der Waals surface area contributed by atoms with E-state index in [0.29, 0.717) is 113 Å². The number of carbonyl (C=O) groups excluding carboxylic acids is 1. The maximum atomic E-state index is 11.7. The van der Waals surface area contributed by atoms with Gasteiger partial charge in [-0.25, -0.2) is 0 Å². The van der Waals surface area contributed by atoms with Crippen LogP contribution in [0.15, 0.2) is 0 Å². The summed E-state index contributed by atoms with van der Waals surface area (Å²) >= 11 is 0. The standard InChI is InChI=1S/C29H52O4.C27H46O5.C26H46O4/c1-10-19(6)11-20(7)23-12-24-26(30-23)21(8)14-29(31-24)15-22(9)27-25(32-29)16-28(33-27,18(4)5)13-17(2)3;1-15(2)11-26(16(3)4)14-23-25(32-26)19(7)13-27(31-23)12-18(6)24-22(30-27)9-17(5)21(29-24)10-20(8)28;1-9-17(6)21-10-20-18(7)12-26(30-24(20)27-21)13-19(8)23-22(28-26)14-25(29-23,16(4)5)11-15(2)3/h17-27H,10-16H2,1-9H3;15-19,21-25H,9-14H2,1-8H3;15-24H,9-14H2,1-8H3/t19-,20-,21-,22-,23-,24-,25-,26-,27-,28-,29+;17-,18+,19+,21-,22+,23+,24+,25+,26+,27-;17-,18-,19-,20-,21-,22-,23-,24+,25-,26-/m010/s1. The topological polar surface area (TPSA) is 128 Å². The number of ketones is 1. The molecule has 0 aromatic rings. The highest BCUT2D eigenvalue weighted by atomic mass is 16.8. The molecule has 0 unspecified atom stereocenters. The molecule has 31 atom stereocenters. The summed E-state index contributed by atoms with van der Waals surface area (Å²) in [4.78, 5) is 11.7. The number of carbonyl (C=O) groups is 1. The normalized spacial score (nSPS) is 48.5. The smallest absolute Gasteiger partial charge is 0.172 e. The van der Waals surface area contributed by atoms with Crippen LogP contribution in [0.2, 0.25) is 0 Å². The van der Waals surface area contributed by atoms with E-state index in [-0.39, 0.29) is 96.0 Å². The molecule has 0 radical (unpaired) electrons. The van der Waals surface area contributed by atoms with E-state index in [0.717, 1.165) is 109 Å². The Kier molecular flexibility index (Phi) is 24.3. The fourth-order valence-corrected chi connectivity index (χ4v) is 21.6. The van der Waals surface area contributed by atoms with Gasteiger partial charge in [-0.05, 0) is 140 Å². The zero-order valence-corrected chi connectivity index (χ0v) is 65.1.